The molecule has 0 spiro atoms. The summed E-state index contributed by atoms with van der Waals surface area (Å²) in [5, 5.41) is 16.6. The van der Waals surface area contributed by atoms with E-state index in [0.29, 0.717) is 11.4 Å². The number of fused-ring (bicyclic) bond motifs is 2. The van der Waals surface area contributed by atoms with Crippen LogP contribution >= 0.6 is 0 Å². The molecule has 0 bridgehead atoms. The maximum Gasteiger partial charge on any atom is 0.274 e. The molecule has 0 atom stereocenters. The molecule has 0 aliphatic rings. The van der Waals surface area contributed by atoms with E-state index in [-0.39, 0.29) is 18.1 Å². The van der Waals surface area contributed by atoms with Crippen molar-refractivity contribution < 1.29 is 9.59 Å². The lowest BCUT2D eigenvalue weighted by Crippen LogP contribution is -2.33. The first-order valence-corrected chi connectivity index (χ1v) is 10.4. The quantitative estimate of drug-likeness (QED) is 0.438. The first-order chi connectivity index (χ1) is 16.1. The molecule has 5 aromatic rings. The summed E-state index contributed by atoms with van der Waals surface area (Å²) in [4.78, 5) is 29.6. The third-order valence-corrected chi connectivity index (χ3v) is 5.42. The van der Waals surface area contributed by atoms with E-state index in [0.717, 1.165) is 27.4 Å². The summed E-state index contributed by atoms with van der Waals surface area (Å²) in [5.74, 6) is -0.803. The third-order valence-electron chi connectivity index (χ3n) is 5.42. The Bertz CT molecular complexity index is 1500. The number of carbonyl (C=O) groups excluding carboxylic acids is 2. The molecular formula is C25H20N6O2. The number of benzene rings is 3. The fourth-order valence-electron chi connectivity index (χ4n) is 3.80. The molecule has 0 saturated carbocycles. The number of anilines is 1. The summed E-state index contributed by atoms with van der Waals surface area (Å²) >= 11 is 0. The van der Waals surface area contributed by atoms with Crippen LogP contribution in [0.4, 0.5) is 5.69 Å². The van der Waals surface area contributed by atoms with Crippen molar-refractivity contribution in [3.05, 3.63) is 90.4 Å². The highest BCUT2D eigenvalue weighted by atomic mass is 16.2. The zero-order valence-electron chi connectivity index (χ0n) is 17.8. The minimum Gasteiger partial charge on any atom is -0.342 e. The van der Waals surface area contributed by atoms with Gasteiger partial charge in [-0.25, -0.2) is 4.68 Å². The number of para-hydroxylation sites is 1. The Morgan fingerprint density at radius 3 is 2.58 bits per heavy atom. The van der Waals surface area contributed by atoms with Crippen LogP contribution in [0, 0.1) is 6.92 Å². The number of aromatic nitrogens is 4. The Hall–Kier alpha value is -4.59. The van der Waals surface area contributed by atoms with E-state index in [9.17, 15) is 9.59 Å². The van der Waals surface area contributed by atoms with Crippen molar-refractivity contribution in [2.24, 2.45) is 0 Å². The minimum atomic E-state index is -0.472. The average molecular weight is 436 g/mol. The van der Waals surface area contributed by atoms with Crippen LogP contribution in [0.5, 0.6) is 0 Å². The van der Waals surface area contributed by atoms with Gasteiger partial charge >= 0.3 is 0 Å². The van der Waals surface area contributed by atoms with Crippen LogP contribution in [-0.2, 0) is 4.79 Å². The molecule has 33 heavy (non-hydrogen) atoms. The smallest absolute Gasteiger partial charge is 0.274 e. The molecule has 5 rings (SSSR count). The molecule has 0 fully saturated rings. The second kappa shape index (κ2) is 8.51. The van der Waals surface area contributed by atoms with E-state index in [1.54, 1.807) is 17.8 Å². The van der Waals surface area contributed by atoms with Gasteiger partial charge in [0.05, 0.1) is 23.4 Å². The molecule has 2 heterocycles. The number of carbonyl (C=O) groups is 2. The molecule has 8 nitrogen and oxygen atoms in total. The van der Waals surface area contributed by atoms with Crippen LogP contribution in [0.3, 0.4) is 0 Å². The van der Waals surface area contributed by atoms with Gasteiger partial charge in [0, 0.05) is 22.7 Å². The number of rotatable bonds is 5. The molecule has 2 amide bonds. The van der Waals surface area contributed by atoms with E-state index in [4.69, 9.17) is 0 Å². The van der Waals surface area contributed by atoms with Crippen LogP contribution in [-0.4, -0.2) is 38.3 Å². The first-order valence-electron chi connectivity index (χ1n) is 10.4. The van der Waals surface area contributed by atoms with Gasteiger partial charge in [-0.1, -0.05) is 59.8 Å². The average Bonchev–Trinajstić information content (AvgIpc) is 3.23. The van der Waals surface area contributed by atoms with Crippen molar-refractivity contribution in [3.63, 3.8) is 0 Å². The molecule has 0 radical (unpaired) electrons. The summed E-state index contributed by atoms with van der Waals surface area (Å²) in [6.45, 7) is 1.57. The lowest BCUT2D eigenvalue weighted by Gasteiger charge is -2.09. The van der Waals surface area contributed by atoms with E-state index in [1.165, 1.54) is 0 Å². The summed E-state index contributed by atoms with van der Waals surface area (Å²) in [6.07, 6.45) is 1.71. The van der Waals surface area contributed by atoms with Crippen LogP contribution in [0.1, 0.15) is 16.2 Å². The Kier molecular flexibility index (Phi) is 5.24. The normalized spacial score (nSPS) is 10.9. The van der Waals surface area contributed by atoms with Crippen molar-refractivity contribution in [2.45, 2.75) is 6.92 Å². The topological polar surface area (TPSA) is 102 Å². The summed E-state index contributed by atoms with van der Waals surface area (Å²) < 4.78 is 1.58. The first kappa shape index (κ1) is 20.3. The Labute approximate surface area is 189 Å². The molecule has 8 heteroatoms. The molecule has 162 valence electrons. The van der Waals surface area contributed by atoms with Crippen LogP contribution < -0.4 is 10.6 Å². The van der Waals surface area contributed by atoms with Crippen molar-refractivity contribution in [3.8, 4) is 5.69 Å². The van der Waals surface area contributed by atoms with Gasteiger partial charge in [0.1, 0.15) is 0 Å². The van der Waals surface area contributed by atoms with Gasteiger partial charge in [0.15, 0.2) is 5.69 Å². The Morgan fingerprint density at radius 1 is 0.909 bits per heavy atom. The van der Waals surface area contributed by atoms with Gasteiger partial charge in [-0.2, -0.15) is 0 Å². The van der Waals surface area contributed by atoms with E-state index < -0.39 is 5.91 Å². The molecule has 0 unspecified atom stereocenters. The highest BCUT2D eigenvalue weighted by molar-refractivity contribution is 6.04. The highest BCUT2D eigenvalue weighted by Crippen LogP contribution is 2.23. The maximum absolute atomic E-state index is 12.7. The maximum atomic E-state index is 12.7. The van der Waals surface area contributed by atoms with Gasteiger partial charge < -0.3 is 10.6 Å². The molecule has 0 saturated heterocycles. The predicted molar refractivity (Wildman–Crippen MR) is 126 cm³/mol. The summed E-state index contributed by atoms with van der Waals surface area (Å²) in [7, 11) is 0. The van der Waals surface area contributed by atoms with Crippen molar-refractivity contribution in [1.29, 1.82) is 0 Å². The van der Waals surface area contributed by atoms with Crippen molar-refractivity contribution in [2.75, 3.05) is 11.9 Å². The van der Waals surface area contributed by atoms with Crippen LogP contribution in [0.25, 0.3) is 27.4 Å². The van der Waals surface area contributed by atoms with Gasteiger partial charge in [0.25, 0.3) is 5.91 Å². The molecule has 0 aliphatic heterocycles. The highest BCUT2D eigenvalue weighted by Gasteiger charge is 2.19. The zero-order chi connectivity index (χ0) is 22.8. The largest absolute Gasteiger partial charge is 0.342 e. The second-order valence-corrected chi connectivity index (χ2v) is 7.55. The Morgan fingerprint density at radius 2 is 1.67 bits per heavy atom. The van der Waals surface area contributed by atoms with E-state index >= 15 is 0 Å². The van der Waals surface area contributed by atoms with Gasteiger partial charge in [-0.05, 0) is 30.5 Å². The number of hydrogen-bond donors (Lipinski definition) is 2. The van der Waals surface area contributed by atoms with E-state index in [2.05, 4.69) is 25.9 Å². The van der Waals surface area contributed by atoms with E-state index in [1.807, 2.05) is 72.8 Å². The lowest BCUT2D eigenvalue weighted by molar-refractivity contribution is -0.115. The van der Waals surface area contributed by atoms with Gasteiger partial charge in [0.2, 0.25) is 5.91 Å². The van der Waals surface area contributed by atoms with Crippen LogP contribution in [0.15, 0.2) is 79.0 Å². The minimum absolute atomic E-state index is 0.154. The number of pyridine rings is 1. The number of amides is 2. The number of nitrogens with zero attached hydrogens (tertiary/aromatic N) is 4. The fraction of sp³-hybridized carbons (Fsp3) is 0.0800. The molecule has 2 N–H and O–H groups in total. The summed E-state index contributed by atoms with van der Waals surface area (Å²) in [6, 6.07) is 23.0. The van der Waals surface area contributed by atoms with Gasteiger partial charge in [-0.3, -0.25) is 14.6 Å². The van der Waals surface area contributed by atoms with Crippen molar-refractivity contribution >= 4 is 39.2 Å². The Balaban J connectivity index is 1.31. The second-order valence-electron chi connectivity index (χ2n) is 7.55. The van der Waals surface area contributed by atoms with Crippen LogP contribution in [0.2, 0.25) is 0 Å². The SMILES string of the molecule is Cc1c(C(=O)NCC(=O)Nc2cccc3ccccc23)nnn1-c1cccc2cccnc12. The predicted octanol–water partition coefficient (Wildman–Crippen LogP) is 3.65. The summed E-state index contributed by atoms with van der Waals surface area (Å²) in [5.41, 5.74) is 2.89. The van der Waals surface area contributed by atoms with Gasteiger partial charge in [-0.15, -0.1) is 5.10 Å². The third kappa shape index (κ3) is 3.89. The molecular weight excluding hydrogens is 416 g/mol. The molecule has 3 aromatic carbocycles. The monoisotopic (exact) mass is 436 g/mol. The van der Waals surface area contributed by atoms with Crippen molar-refractivity contribution in [1.82, 2.24) is 25.3 Å². The fourth-order valence-corrected chi connectivity index (χ4v) is 3.80. The standard InChI is InChI=1S/C25H20N6O2/c1-16-23(29-30-31(16)21-13-5-9-18-10-6-14-26-24(18)21)25(33)27-15-22(32)28-20-12-4-8-17-7-2-3-11-19(17)20/h2-14H,15H2,1H3,(H,27,33)(H,28,32). The molecule has 2 aromatic heterocycles. The molecule has 0 aliphatic carbocycles. The number of nitrogens with one attached hydrogen (secondary N) is 2. The zero-order valence-corrected chi connectivity index (χ0v) is 17.8. The lowest BCUT2D eigenvalue weighted by atomic mass is 10.1. The number of hydrogen-bond acceptors (Lipinski definition) is 5.